The van der Waals surface area contributed by atoms with E-state index in [0.717, 1.165) is 25.8 Å². The van der Waals surface area contributed by atoms with E-state index in [-0.39, 0.29) is 12.2 Å². The van der Waals surface area contributed by atoms with E-state index in [2.05, 4.69) is 48.4 Å². The molecule has 0 aromatic rings. The third-order valence-electron chi connectivity index (χ3n) is 4.82. The molecule has 23 heavy (non-hydrogen) atoms. The molecule has 3 rings (SSSR count). The van der Waals surface area contributed by atoms with Gasteiger partial charge in [0.2, 0.25) is 0 Å². The van der Waals surface area contributed by atoms with Gasteiger partial charge in [0.05, 0.1) is 12.6 Å². The lowest BCUT2D eigenvalue weighted by Gasteiger charge is -2.48. The molecule has 5 heteroatoms. The Morgan fingerprint density at radius 3 is 3.00 bits per heavy atom. The number of unbranched alkanes of at least 4 members (excludes halogenated alkanes) is 1. The number of nitrogens with zero attached hydrogens (tertiary/aromatic N) is 3. The number of hydrazine groups is 1. The van der Waals surface area contributed by atoms with Gasteiger partial charge in [-0.3, -0.25) is 19.7 Å². The molecule has 3 aliphatic rings. The average Bonchev–Trinajstić information content (AvgIpc) is 2.54. The molecule has 0 aliphatic carbocycles. The minimum absolute atomic E-state index is 0.0313. The summed E-state index contributed by atoms with van der Waals surface area (Å²) in [4.78, 5) is 19.2. The number of aliphatic imine (C=N–C) groups is 1. The van der Waals surface area contributed by atoms with Crippen molar-refractivity contribution in [3.63, 3.8) is 0 Å². The summed E-state index contributed by atoms with van der Waals surface area (Å²) in [7, 11) is 0. The van der Waals surface area contributed by atoms with Crippen molar-refractivity contribution in [3.8, 4) is 0 Å². The second-order valence-corrected chi connectivity index (χ2v) is 6.90. The second-order valence-electron chi connectivity index (χ2n) is 6.90. The third-order valence-corrected chi connectivity index (χ3v) is 4.82. The summed E-state index contributed by atoms with van der Waals surface area (Å²) >= 11 is 0. The fourth-order valence-electron chi connectivity index (χ4n) is 3.68. The van der Waals surface area contributed by atoms with Gasteiger partial charge in [0, 0.05) is 37.8 Å². The van der Waals surface area contributed by atoms with Crippen LogP contribution in [0.15, 0.2) is 28.4 Å². The number of fused-ring (bicyclic) bond motifs is 3. The highest BCUT2D eigenvalue weighted by atomic mass is 16.1. The Bertz CT molecular complexity index is 549. The molecule has 0 bridgehead atoms. The molecule has 2 unspecified atom stereocenters. The van der Waals surface area contributed by atoms with Crippen molar-refractivity contribution < 1.29 is 4.79 Å². The number of hydrogen-bond donors (Lipinski definition) is 1. The molecular formula is C18H28N4O. The zero-order chi connectivity index (χ0) is 16.4. The van der Waals surface area contributed by atoms with Crippen LogP contribution >= 0.6 is 0 Å². The summed E-state index contributed by atoms with van der Waals surface area (Å²) in [6, 6.07) is 0.582. The van der Waals surface area contributed by atoms with E-state index in [1.54, 1.807) is 0 Å². The predicted octanol–water partition coefficient (Wildman–Crippen LogP) is 2.27. The largest absolute Gasteiger partial charge is 0.298 e. The van der Waals surface area contributed by atoms with Crippen molar-refractivity contribution in [2.45, 2.75) is 64.7 Å². The number of dihydropyridines is 1. The number of Topliss-reactive ketones (excluding diaryl/α,β-unsaturated/α-hetero) is 1. The van der Waals surface area contributed by atoms with E-state index in [1.165, 1.54) is 11.1 Å². The number of rotatable bonds is 5. The fourth-order valence-corrected chi connectivity index (χ4v) is 3.68. The van der Waals surface area contributed by atoms with Crippen LogP contribution in [0.3, 0.4) is 0 Å². The molecular weight excluding hydrogens is 288 g/mol. The summed E-state index contributed by atoms with van der Waals surface area (Å²) < 4.78 is 0. The summed E-state index contributed by atoms with van der Waals surface area (Å²) in [5.41, 5.74) is 6.02. The molecule has 0 aromatic heterocycles. The SMILES string of the molecule is CCCCNN1C=C2CC(=O)CN(C(C)C)C2C2=CCC=NC21. The summed E-state index contributed by atoms with van der Waals surface area (Å²) in [6.07, 6.45) is 10.2. The highest BCUT2D eigenvalue weighted by molar-refractivity contribution is 5.85. The topological polar surface area (TPSA) is 47.9 Å². The standard InChI is InChI=1S/C18H28N4O/c1-4-5-9-20-22-11-14-10-15(23)12-21(13(2)3)17(14)16-7-6-8-19-18(16)22/h7-8,11,13,17-18,20H,4-6,9-10,12H2,1-3H3. The third kappa shape index (κ3) is 3.26. The highest BCUT2D eigenvalue weighted by Gasteiger charge is 2.42. The van der Waals surface area contributed by atoms with Gasteiger partial charge in [-0.2, -0.15) is 0 Å². The maximum Gasteiger partial charge on any atom is 0.157 e. The maximum absolute atomic E-state index is 12.2. The zero-order valence-electron chi connectivity index (χ0n) is 14.5. The van der Waals surface area contributed by atoms with Gasteiger partial charge in [-0.25, -0.2) is 5.43 Å². The Labute approximate surface area is 139 Å². The average molecular weight is 316 g/mol. The Kier molecular flexibility index (Phi) is 4.97. The summed E-state index contributed by atoms with van der Waals surface area (Å²) in [5, 5.41) is 2.11. The first kappa shape index (κ1) is 16.4. The van der Waals surface area contributed by atoms with Crippen LogP contribution in [-0.4, -0.2) is 53.2 Å². The van der Waals surface area contributed by atoms with Gasteiger partial charge in [0.1, 0.15) is 0 Å². The van der Waals surface area contributed by atoms with Gasteiger partial charge in [0.15, 0.2) is 11.9 Å². The van der Waals surface area contributed by atoms with E-state index in [4.69, 9.17) is 4.99 Å². The van der Waals surface area contributed by atoms with Crippen LogP contribution in [0.25, 0.3) is 0 Å². The van der Waals surface area contributed by atoms with Crippen molar-refractivity contribution in [1.82, 2.24) is 15.3 Å². The van der Waals surface area contributed by atoms with Crippen molar-refractivity contribution in [2.75, 3.05) is 13.1 Å². The monoisotopic (exact) mass is 316 g/mol. The van der Waals surface area contributed by atoms with Crippen molar-refractivity contribution in [1.29, 1.82) is 0 Å². The lowest BCUT2D eigenvalue weighted by molar-refractivity contribution is -0.122. The Balaban J connectivity index is 1.92. The van der Waals surface area contributed by atoms with Crippen LogP contribution in [0.5, 0.6) is 0 Å². The number of carbonyl (C=O) groups excluding carboxylic acids is 1. The molecule has 0 spiro atoms. The molecule has 5 nitrogen and oxygen atoms in total. The van der Waals surface area contributed by atoms with Gasteiger partial charge in [-0.1, -0.05) is 19.4 Å². The van der Waals surface area contributed by atoms with Crippen molar-refractivity contribution in [3.05, 3.63) is 23.4 Å². The van der Waals surface area contributed by atoms with Gasteiger partial charge in [-0.05, 0) is 31.4 Å². The van der Waals surface area contributed by atoms with Crippen LogP contribution in [-0.2, 0) is 4.79 Å². The van der Waals surface area contributed by atoms with E-state index < -0.39 is 0 Å². The van der Waals surface area contributed by atoms with Gasteiger partial charge in [0.25, 0.3) is 0 Å². The number of piperidine rings is 1. The molecule has 126 valence electrons. The van der Waals surface area contributed by atoms with E-state index >= 15 is 0 Å². The lowest BCUT2D eigenvalue weighted by Crippen LogP contribution is -2.57. The van der Waals surface area contributed by atoms with Crippen LogP contribution in [0.1, 0.15) is 46.5 Å². The first-order chi connectivity index (χ1) is 11.1. The maximum atomic E-state index is 12.2. The van der Waals surface area contributed by atoms with Gasteiger partial charge >= 0.3 is 0 Å². The molecule has 3 heterocycles. The Morgan fingerprint density at radius 2 is 2.26 bits per heavy atom. The normalized spacial score (nSPS) is 27.7. The molecule has 1 N–H and O–H groups in total. The smallest absolute Gasteiger partial charge is 0.157 e. The summed E-state index contributed by atoms with van der Waals surface area (Å²) in [6.45, 7) is 8.02. The number of ketones is 1. The first-order valence-corrected chi connectivity index (χ1v) is 8.83. The Morgan fingerprint density at radius 1 is 1.43 bits per heavy atom. The van der Waals surface area contributed by atoms with Gasteiger partial charge < -0.3 is 0 Å². The zero-order valence-corrected chi connectivity index (χ0v) is 14.5. The summed E-state index contributed by atoms with van der Waals surface area (Å²) in [5.74, 6) is 0.313. The fraction of sp³-hybridized carbons (Fsp3) is 0.667. The number of carbonyl (C=O) groups is 1. The molecule has 0 aromatic carbocycles. The van der Waals surface area contributed by atoms with Crippen LogP contribution < -0.4 is 5.43 Å². The van der Waals surface area contributed by atoms with Crippen LogP contribution in [0.2, 0.25) is 0 Å². The molecule has 0 saturated carbocycles. The molecule has 0 amide bonds. The number of allylic oxidation sites excluding steroid dienone is 1. The number of hydrogen-bond acceptors (Lipinski definition) is 5. The molecule has 1 saturated heterocycles. The van der Waals surface area contributed by atoms with Crippen LogP contribution in [0.4, 0.5) is 0 Å². The number of likely N-dealkylation sites (tertiary alicyclic amines) is 1. The van der Waals surface area contributed by atoms with E-state index in [1.807, 2.05) is 6.21 Å². The quantitative estimate of drug-likeness (QED) is 0.624. The minimum Gasteiger partial charge on any atom is -0.298 e. The van der Waals surface area contributed by atoms with Gasteiger partial charge in [-0.15, -0.1) is 0 Å². The molecule has 1 fully saturated rings. The lowest BCUT2D eigenvalue weighted by atomic mass is 9.84. The van der Waals surface area contributed by atoms with Crippen molar-refractivity contribution >= 4 is 12.0 Å². The first-order valence-electron chi connectivity index (χ1n) is 8.83. The molecule has 2 atom stereocenters. The predicted molar refractivity (Wildman–Crippen MR) is 93.1 cm³/mol. The van der Waals surface area contributed by atoms with Crippen molar-refractivity contribution in [2.24, 2.45) is 4.99 Å². The van der Waals surface area contributed by atoms with E-state index in [9.17, 15) is 4.79 Å². The molecule has 3 aliphatic heterocycles. The highest BCUT2D eigenvalue weighted by Crippen LogP contribution is 2.36. The molecule has 0 radical (unpaired) electrons. The minimum atomic E-state index is 0.0313. The number of nitrogens with one attached hydrogen (secondary N) is 1. The van der Waals surface area contributed by atoms with E-state index in [0.29, 0.717) is 24.8 Å². The Hall–Kier alpha value is -1.46. The second kappa shape index (κ2) is 6.97. The van der Waals surface area contributed by atoms with Crippen LogP contribution in [0, 0.1) is 0 Å².